The summed E-state index contributed by atoms with van der Waals surface area (Å²) in [6.45, 7) is 1.47. The quantitative estimate of drug-likeness (QED) is 0.425. The maximum atomic E-state index is 10.6. The fraction of sp³-hybridized carbons (Fsp3) is 0.800. The van der Waals surface area contributed by atoms with Crippen molar-refractivity contribution in [3.63, 3.8) is 0 Å². The summed E-state index contributed by atoms with van der Waals surface area (Å²) in [6.07, 6.45) is -0.787. The number of hydrogen-bond donors (Lipinski definition) is 3. The fourth-order valence-corrected chi connectivity index (χ4v) is 0.386. The van der Waals surface area contributed by atoms with Gasteiger partial charge in [-0.1, -0.05) is 0 Å². The Morgan fingerprint density at radius 3 is 2.33 bits per heavy atom. The van der Waals surface area contributed by atoms with Crippen LogP contribution in [0.15, 0.2) is 0 Å². The van der Waals surface area contributed by atoms with Crippen LogP contribution in [0, 0.1) is 0 Å². The molecule has 9 heavy (non-hydrogen) atoms. The molecule has 4 nitrogen and oxygen atoms in total. The summed E-state index contributed by atoms with van der Waals surface area (Å²) < 4.78 is 0. The number of nitrogens with one attached hydrogen (secondary N) is 1. The molecule has 0 bridgehead atoms. The molecule has 0 fully saturated rings. The van der Waals surface area contributed by atoms with Crippen LogP contribution in [-0.2, 0) is 4.79 Å². The van der Waals surface area contributed by atoms with Crippen molar-refractivity contribution in [2.75, 3.05) is 7.05 Å². The monoisotopic (exact) mass is 132 g/mol. The minimum atomic E-state index is -0.810. The van der Waals surface area contributed by atoms with E-state index in [-0.39, 0.29) is 5.91 Å². The number of nitrogens with two attached hydrogens (primary N) is 1. The van der Waals surface area contributed by atoms with E-state index in [1.807, 2.05) is 0 Å². The lowest BCUT2D eigenvalue weighted by Gasteiger charge is -2.11. The van der Waals surface area contributed by atoms with Crippen molar-refractivity contribution in [2.45, 2.75) is 19.1 Å². The smallest absolute Gasteiger partial charge is 0.239 e. The van der Waals surface area contributed by atoms with Gasteiger partial charge in [0.05, 0.1) is 6.10 Å². The zero-order valence-electron chi connectivity index (χ0n) is 5.59. The number of likely N-dealkylation sites (N-methyl/N-ethyl adjacent to an activating group) is 1. The van der Waals surface area contributed by atoms with Gasteiger partial charge in [-0.3, -0.25) is 4.79 Å². The van der Waals surface area contributed by atoms with E-state index in [1.165, 1.54) is 14.0 Å². The van der Waals surface area contributed by atoms with Crippen LogP contribution in [0.2, 0.25) is 0 Å². The lowest BCUT2D eigenvalue weighted by atomic mass is 10.2. The Bertz CT molecular complexity index is 103. The first-order chi connectivity index (χ1) is 4.09. The minimum Gasteiger partial charge on any atom is -0.391 e. The van der Waals surface area contributed by atoms with Crippen LogP contribution in [0.4, 0.5) is 0 Å². The molecular weight excluding hydrogens is 120 g/mol. The number of aliphatic hydroxyl groups excluding tert-OH is 1. The number of hydrogen-bond acceptors (Lipinski definition) is 3. The van der Waals surface area contributed by atoms with Crippen LogP contribution in [0.3, 0.4) is 0 Å². The van der Waals surface area contributed by atoms with E-state index in [4.69, 9.17) is 10.8 Å². The van der Waals surface area contributed by atoms with Crippen molar-refractivity contribution in [2.24, 2.45) is 5.73 Å². The molecule has 0 spiro atoms. The summed E-state index contributed by atoms with van der Waals surface area (Å²) in [4.78, 5) is 10.6. The number of rotatable bonds is 2. The van der Waals surface area contributed by atoms with Crippen molar-refractivity contribution < 1.29 is 9.90 Å². The highest BCUT2D eigenvalue weighted by atomic mass is 16.3. The van der Waals surface area contributed by atoms with Crippen LogP contribution in [-0.4, -0.2) is 30.2 Å². The summed E-state index contributed by atoms with van der Waals surface area (Å²) in [5, 5.41) is 11.1. The third-order valence-electron chi connectivity index (χ3n) is 1.07. The zero-order chi connectivity index (χ0) is 7.44. The Kier molecular flexibility index (Phi) is 3.19. The highest BCUT2D eigenvalue weighted by Crippen LogP contribution is 1.86. The summed E-state index contributed by atoms with van der Waals surface area (Å²) >= 11 is 0. The van der Waals surface area contributed by atoms with Gasteiger partial charge in [-0.25, -0.2) is 0 Å². The Hall–Kier alpha value is -0.610. The molecule has 0 radical (unpaired) electrons. The molecule has 54 valence electrons. The maximum Gasteiger partial charge on any atom is 0.239 e. The van der Waals surface area contributed by atoms with Crippen LogP contribution in [0.5, 0.6) is 0 Å². The van der Waals surface area contributed by atoms with E-state index in [2.05, 4.69) is 5.32 Å². The average Bonchev–Trinajstić information content (AvgIpc) is 1.84. The first-order valence-corrected chi connectivity index (χ1v) is 2.75. The first kappa shape index (κ1) is 8.39. The molecule has 4 N–H and O–H groups in total. The molecule has 0 aliphatic heterocycles. The van der Waals surface area contributed by atoms with Crippen LogP contribution < -0.4 is 11.1 Å². The highest BCUT2D eigenvalue weighted by molar-refractivity contribution is 5.81. The van der Waals surface area contributed by atoms with Crippen molar-refractivity contribution in [3.8, 4) is 0 Å². The second kappa shape index (κ2) is 3.42. The largest absolute Gasteiger partial charge is 0.391 e. The number of carbonyl (C=O) groups is 1. The van der Waals surface area contributed by atoms with Crippen molar-refractivity contribution in [3.05, 3.63) is 0 Å². The molecule has 4 heteroatoms. The van der Waals surface area contributed by atoms with Gasteiger partial charge in [0.2, 0.25) is 5.91 Å². The molecule has 0 saturated heterocycles. The van der Waals surface area contributed by atoms with Crippen LogP contribution in [0.1, 0.15) is 6.92 Å². The predicted molar refractivity (Wildman–Crippen MR) is 33.7 cm³/mol. The van der Waals surface area contributed by atoms with Gasteiger partial charge in [0.25, 0.3) is 0 Å². The standard InChI is InChI=1S/C5H12N2O2/c1-3(8)4(6)5(9)7-2/h3-4,8H,6H2,1-2H3,(H,7,9)/t3-,4-/m0/s1. The molecule has 2 atom stereocenters. The second-order valence-corrected chi connectivity index (χ2v) is 1.88. The Balaban J connectivity index is 3.72. The van der Waals surface area contributed by atoms with Crippen LogP contribution in [0.25, 0.3) is 0 Å². The van der Waals surface area contributed by atoms with Gasteiger partial charge in [-0.05, 0) is 6.92 Å². The van der Waals surface area contributed by atoms with Gasteiger partial charge in [0.15, 0.2) is 0 Å². The third kappa shape index (κ3) is 2.43. The molecule has 0 saturated carbocycles. The van der Waals surface area contributed by atoms with E-state index in [9.17, 15) is 4.79 Å². The molecule has 0 aliphatic carbocycles. The summed E-state index contributed by atoms with van der Waals surface area (Å²) in [6, 6.07) is -0.810. The van der Waals surface area contributed by atoms with Gasteiger partial charge < -0.3 is 16.2 Å². The SMILES string of the molecule is CNC(=O)[C@@H](N)[C@H](C)O. The van der Waals surface area contributed by atoms with Gasteiger partial charge >= 0.3 is 0 Å². The first-order valence-electron chi connectivity index (χ1n) is 2.75. The lowest BCUT2D eigenvalue weighted by molar-refractivity contribution is -0.123. The van der Waals surface area contributed by atoms with E-state index in [0.717, 1.165) is 0 Å². The topological polar surface area (TPSA) is 75.4 Å². The molecule has 0 rings (SSSR count). The Morgan fingerprint density at radius 2 is 2.22 bits per heavy atom. The molecule has 0 aromatic rings. The van der Waals surface area contributed by atoms with E-state index in [0.29, 0.717) is 0 Å². The van der Waals surface area contributed by atoms with Crippen molar-refractivity contribution in [1.29, 1.82) is 0 Å². The van der Waals surface area contributed by atoms with Gasteiger partial charge in [-0.2, -0.15) is 0 Å². The molecule has 0 unspecified atom stereocenters. The molecular formula is C5H12N2O2. The minimum absolute atomic E-state index is 0.343. The molecule has 0 aliphatic rings. The number of aliphatic hydroxyl groups is 1. The molecule has 0 aromatic carbocycles. The number of amides is 1. The Morgan fingerprint density at radius 1 is 1.78 bits per heavy atom. The van der Waals surface area contributed by atoms with Gasteiger partial charge in [-0.15, -0.1) is 0 Å². The Labute approximate surface area is 54.0 Å². The van der Waals surface area contributed by atoms with Gasteiger partial charge in [0.1, 0.15) is 6.04 Å². The highest BCUT2D eigenvalue weighted by Gasteiger charge is 2.16. The molecule has 0 aromatic heterocycles. The van der Waals surface area contributed by atoms with E-state index in [1.54, 1.807) is 0 Å². The van der Waals surface area contributed by atoms with Crippen molar-refractivity contribution >= 4 is 5.91 Å². The molecule has 1 amide bonds. The summed E-state index contributed by atoms with van der Waals surface area (Å²) in [7, 11) is 1.48. The van der Waals surface area contributed by atoms with E-state index >= 15 is 0 Å². The average molecular weight is 132 g/mol. The predicted octanol–water partition coefficient (Wildman–Crippen LogP) is -1.56. The number of carbonyl (C=O) groups excluding carboxylic acids is 1. The lowest BCUT2D eigenvalue weighted by Crippen LogP contribution is -2.45. The summed E-state index contributed by atoms with van der Waals surface area (Å²) in [5.41, 5.74) is 5.21. The van der Waals surface area contributed by atoms with E-state index < -0.39 is 12.1 Å². The zero-order valence-corrected chi connectivity index (χ0v) is 5.59. The molecule has 0 heterocycles. The summed E-state index contributed by atoms with van der Waals surface area (Å²) in [5.74, 6) is -0.343. The normalized spacial score (nSPS) is 16.4. The third-order valence-corrected chi connectivity index (χ3v) is 1.07. The maximum absolute atomic E-state index is 10.6. The van der Waals surface area contributed by atoms with Crippen LogP contribution >= 0.6 is 0 Å². The van der Waals surface area contributed by atoms with Crippen molar-refractivity contribution in [1.82, 2.24) is 5.32 Å². The second-order valence-electron chi connectivity index (χ2n) is 1.88. The van der Waals surface area contributed by atoms with Gasteiger partial charge in [0, 0.05) is 7.05 Å². The fourth-order valence-electron chi connectivity index (χ4n) is 0.386.